The first-order valence-corrected chi connectivity index (χ1v) is 21.5. The highest BCUT2D eigenvalue weighted by atomic mass is 15.1. The summed E-state index contributed by atoms with van der Waals surface area (Å²) in [7, 11) is 0. The molecule has 10 rings (SSSR count). The Bertz CT molecular complexity index is 2940. The lowest BCUT2D eigenvalue weighted by Gasteiger charge is -2.32. The summed E-state index contributed by atoms with van der Waals surface area (Å²) >= 11 is 0. The first-order valence-electron chi connectivity index (χ1n) is 21.5. The zero-order valence-corrected chi connectivity index (χ0v) is 34.5. The van der Waals surface area contributed by atoms with Crippen LogP contribution in [0.4, 0.5) is 17.1 Å². The summed E-state index contributed by atoms with van der Waals surface area (Å²) in [4.78, 5) is 2.52. The summed E-state index contributed by atoms with van der Waals surface area (Å²) in [6, 6.07) is 70.3. The number of benzene rings is 9. The Balaban J connectivity index is 1.19. The molecule has 0 N–H and O–H groups in total. The van der Waals surface area contributed by atoms with Gasteiger partial charge in [0.25, 0.3) is 0 Å². The predicted octanol–water partition coefficient (Wildman–Crippen LogP) is 17.0. The summed E-state index contributed by atoms with van der Waals surface area (Å²) in [5.41, 5.74) is 13.7. The van der Waals surface area contributed by atoms with Crippen LogP contribution in [-0.2, 0) is 5.41 Å². The highest BCUT2D eigenvalue weighted by Crippen LogP contribution is 2.48. The minimum atomic E-state index is -0.00526. The molecule has 1 heteroatoms. The van der Waals surface area contributed by atoms with Crippen molar-refractivity contribution in [2.24, 2.45) is 0 Å². The summed E-state index contributed by atoms with van der Waals surface area (Å²) in [6.45, 7) is 6.93. The number of hydrogen-bond acceptors (Lipinski definition) is 1. The fourth-order valence-electron chi connectivity index (χ4n) is 9.78. The molecule has 0 unspecified atom stereocenters. The molecule has 0 aromatic heterocycles. The van der Waals surface area contributed by atoms with Gasteiger partial charge in [-0.2, -0.15) is 0 Å². The minimum Gasteiger partial charge on any atom is -0.309 e. The van der Waals surface area contributed by atoms with Gasteiger partial charge in [0, 0.05) is 16.8 Å². The second-order valence-corrected chi connectivity index (χ2v) is 17.5. The molecule has 288 valence electrons. The van der Waals surface area contributed by atoms with E-state index in [1.807, 2.05) is 0 Å². The van der Waals surface area contributed by atoms with Gasteiger partial charge >= 0.3 is 0 Å². The van der Waals surface area contributed by atoms with E-state index in [1.165, 1.54) is 115 Å². The molecule has 9 aromatic carbocycles. The monoisotopic (exact) mass is 761 g/mol. The molecule has 1 aliphatic rings. The fraction of sp³-hybridized carbons (Fsp3) is 0.172. The third-order valence-corrected chi connectivity index (χ3v) is 12.8. The van der Waals surface area contributed by atoms with Crippen LogP contribution < -0.4 is 4.90 Å². The van der Waals surface area contributed by atoms with Crippen LogP contribution in [0.25, 0.3) is 65.7 Å². The van der Waals surface area contributed by atoms with Gasteiger partial charge in [-0.15, -0.1) is 0 Å². The molecule has 0 amide bonds. The molecule has 1 aliphatic carbocycles. The van der Waals surface area contributed by atoms with Crippen LogP contribution in [0.1, 0.15) is 69.9 Å². The Morgan fingerprint density at radius 1 is 0.424 bits per heavy atom. The van der Waals surface area contributed by atoms with Gasteiger partial charge in [-0.05, 0) is 120 Å². The predicted molar refractivity (Wildman–Crippen MR) is 254 cm³/mol. The molecule has 9 aromatic rings. The van der Waals surface area contributed by atoms with Crippen molar-refractivity contribution in [3.63, 3.8) is 0 Å². The zero-order chi connectivity index (χ0) is 39.9. The standard InChI is InChI=1S/C58H51N/c1-58(2,3)45-34-38-56(54(39-45)41-19-8-5-9-20-41)59(46-35-31-43(32-36-46)48-26-16-28-50-47-24-11-10-21-42(47)33-37-51(48)50)55-30-13-12-25-52(55)53-29-15-23-44-22-14-27-49(57(44)53)40-17-6-4-7-18-40/h5,8-16,19-40H,4,6-7,17-18H2,1-3H3. The number of para-hydroxylation sites is 1. The van der Waals surface area contributed by atoms with Crippen LogP contribution in [0.15, 0.2) is 188 Å². The Morgan fingerprint density at radius 3 is 1.86 bits per heavy atom. The topological polar surface area (TPSA) is 3.24 Å². The number of anilines is 3. The molecular weight excluding hydrogens is 711 g/mol. The van der Waals surface area contributed by atoms with Gasteiger partial charge in [0.1, 0.15) is 0 Å². The maximum atomic E-state index is 2.52. The van der Waals surface area contributed by atoms with Crippen LogP contribution in [0.5, 0.6) is 0 Å². The average Bonchev–Trinajstić information content (AvgIpc) is 3.29. The lowest BCUT2D eigenvalue weighted by Crippen LogP contribution is -2.15. The van der Waals surface area contributed by atoms with E-state index in [1.54, 1.807) is 0 Å². The van der Waals surface area contributed by atoms with Crippen molar-refractivity contribution in [3.05, 3.63) is 199 Å². The SMILES string of the molecule is CC(C)(C)c1ccc(N(c2ccc(-c3cccc4c3ccc3ccccc34)cc2)c2ccccc2-c2cccc3cccc(C4CCCCC4)c23)c(-c2ccccc2)c1. The van der Waals surface area contributed by atoms with Crippen molar-refractivity contribution < 1.29 is 0 Å². The van der Waals surface area contributed by atoms with E-state index < -0.39 is 0 Å². The highest BCUT2D eigenvalue weighted by molar-refractivity contribution is 6.12. The third-order valence-electron chi connectivity index (χ3n) is 12.8. The van der Waals surface area contributed by atoms with Gasteiger partial charge in [0.2, 0.25) is 0 Å². The molecule has 1 fully saturated rings. The summed E-state index contributed by atoms with van der Waals surface area (Å²) in [5.74, 6) is 0.589. The lowest BCUT2D eigenvalue weighted by atomic mass is 9.80. The average molecular weight is 762 g/mol. The number of hydrogen-bond donors (Lipinski definition) is 0. The molecule has 1 saturated carbocycles. The molecular formula is C58H51N. The van der Waals surface area contributed by atoms with E-state index in [4.69, 9.17) is 0 Å². The zero-order valence-electron chi connectivity index (χ0n) is 34.5. The van der Waals surface area contributed by atoms with Crippen LogP contribution in [0.3, 0.4) is 0 Å². The maximum absolute atomic E-state index is 2.52. The molecule has 0 heterocycles. The van der Waals surface area contributed by atoms with Gasteiger partial charge in [0.05, 0.1) is 11.4 Å². The molecule has 0 aliphatic heterocycles. The van der Waals surface area contributed by atoms with Crippen LogP contribution in [-0.4, -0.2) is 0 Å². The quantitative estimate of drug-likeness (QED) is 0.146. The van der Waals surface area contributed by atoms with E-state index >= 15 is 0 Å². The van der Waals surface area contributed by atoms with E-state index in [-0.39, 0.29) is 5.41 Å². The van der Waals surface area contributed by atoms with Gasteiger partial charge in [-0.3, -0.25) is 0 Å². The lowest BCUT2D eigenvalue weighted by molar-refractivity contribution is 0.445. The highest BCUT2D eigenvalue weighted by Gasteiger charge is 2.25. The van der Waals surface area contributed by atoms with E-state index in [0.717, 1.165) is 11.4 Å². The summed E-state index contributed by atoms with van der Waals surface area (Å²) in [5, 5.41) is 7.84. The van der Waals surface area contributed by atoms with Gasteiger partial charge in [-0.25, -0.2) is 0 Å². The summed E-state index contributed by atoms with van der Waals surface area (Å²) < 4.78 is 0. The van der Waals surface area contributed by atoms with Gasteiger partial charge in [0.15, 0.2) is 0 Å². The van der Waals surface area contributed by atoms with E-state index in [0.29, 0.717) is 5.92 Å². The maximum Gasteiger partial charge on any atom is 0.0540 e. The fourth-order valence-corrected chi connectivity index (χ4v) is 9.78. The van der Waals surface area contributed by atoms with Gasteiger partial charge in [-0.1, -0.05) is 198 Å². The molecule has 0 spiro atoms. The Kier molecular flexibility index (Phi) is 9.61. The molecule has 0 saturated heterocycles. The van der Waals surface area contributed by atoms with Crippen molar-refractivity contribution in [2.75, 3.05) is 4.90 Å². The third kappa shape index (κ3) is 6.89. The largest absolute Gasteiger partial charge is 0.309 e. The van der Waals surface area contributed by atoms with Gasteiger partial charge < -0.3 is 4.90 Å². The van der Waals surface area contributed by atoms with E-state index in [9.17, 15) is 0 Å². The van der Waals surface area contributed by atoms with Crippen molar-refractivity contribution in [1.82, 2.24) is 0 Å². The van der Waals surface area contributed by atoms with Crippen molar-refractivity contribution in [1.29, 1.82) is 0 Å². The molecule has 1 nitrogen and oxygen atoms in total. The first-order chi connectivity index (χ1) is 28.9. The smallest absolute Gasteiger partial charge is 0.0540 e. The number of fused-ring (bicyclic) bond motifs is 4. The Labute approximate surface area is 349 Å². The normalized spacial score (nSPS) is 13.6. The molecule has 0 bridgehead atoms. The second kappa shape index (κ2) is 15.4. The molecule has 59 heavy (non-hydrogen) atoms. The summed E-state index contributed by atoms with van der Waals surface area (Å²) in [6.07, 6.45) is 6.50. The van der Waals surface area contributed by atoms with Crippen LogP contribution >= 0.6 is 0 Å². The second-order valence-electron chi connectivity index (χ2n) is 17.5. The van der Waals surface area contributed by atoms with Crippen molar-refractivity contribution in [2.45, 2.75) is 64.2 Å². The first kappa shape index (κ1) is 36.9. The molecule has 0 radical (unpaired) electrons. The molecule has 0 atom stereocenters. The number of rotatable bonds is 7. The van der Waals surface area contributed by atoms with Crippen molar-refractivity contribution >= 4 is 49.4 Å². The van der Waals surface area contributed by atoms with E-state index in [2.05, 4.69) is 214 Å². The van der Waals surface area contributed by atoms with Crippen LogP contribution in [0.2, 0.25) is 0 Å². The number of nitrogens with zero attached hydrogens (tertiary/aromatic N) is 1. The Hall–Kier alpha value is -6.44. The Morgan fingerprint density at radius 2 is 1.05 bits per heavy atom. The van der Waals surface area contributed by atoms with Crippen molar-refractivity contribution in [3.8, 4) is 33.4 Å². The minimum absolute atomic E-state index is 0.00526. The van der Waals surface area contributed by atoms with Crippen LogP contribution in [0, 0.1) is 0 Å².